The van der Waals surface area contributed by atoms with Crippen LogP contribution in [0.25, 0.3) is 0 Å². The van der Waals surface area contributed by atoms with Crippen molar-refractivity contribution in [1.29, 1.82) is 0 Å². The molecule has 1 N–H and O–H groups in total. The number of aliphatic hydroxyl groups excluding tert-OH is 1. The summed E-state index contributed by atoms with van der Waals surface area (Å²) < 4.78 is 0. The zero-order valence-corrected chi connectivity index (χ0v) is 12.5. The first-order valence-corrected chi connectivity index (χ1v) is 6.95. The predicted molar refractivity (Wildman–Crippen MR) is 78.5 cm³/mol. The number of aliphatic hydroxyl groups is 1. The van der Waals surface area contributed by atoms with Gasteiger partial charge in [-0.15, -0.1) is 0 Å². The summed E-state index contributed by atoms with van der Waals surface area (Å²) in [5.74, 6) is 0.368. The summed E-state index contributed by atoms with van der Waals surface area (Å²) in [7, 11) is 0. The number of benzene rings is 1. The van der Waals surface area contributed by atoms with Crippen LogP contribution in [0.4, 0.5) is 0 Å². The molecule has 0 spiro atoms. The number of rotatable bonds is 4. The SMILES string of the molecule is CC.CC.CCc1ccccc1C[C@H](C)CO. The molecule has 0 aromatic heterocycles. The Morgan fingerprint density at radius 3 is 1.88 bits per heavy atom. The fraction of sp³-hybridized carbons (Fsp3) is 0.625. The lowest BCUT2D eigenvalue weighted by molar-refractivity contribution is 0.237. The molecule has 0 fully saturated rings. The Morgan fingerprint density at radius 1 is 1.00 bits per heavy atom. The Bertz CT molecular complexity index is 255. The minimum atomic E-state index is 0.276. The molecule has 1 atom stereocenters. The molecule has 0 aliphatic carbocycles. The van der Waals surface area contributed by atoms with E-state index < -0.39 is 0 Å². The maximum Gasteiger partial charge on any atom is 0.0459 e. The number of aryl methyl sites for hydroxylation is 1. The van der Waals surface area contributed by atoms with Gasteiger partial charge in [-0.05, 0) is 29.9 Å². The normalized spacial score (nSPS) is 10.5. The molecule has 0 heterocycles. The average Bonchev–Trinajstić information content (AvgIpc) is 2.43. The Morgan fingerprint density at radius 2 is 1.47 bits per heavy atom. The van der Waals surface area contributed by atoms with Crippen LogP contribution in [-0.2, 0) is 12.8 Å². The summed E-state index contributed by atoms with van der Waals surface area (Å²) in [6.45, 7) is 12.5. The van der Waals surface area contributed by atoms with Gasteiger partial charge in [0.2, 0.25) is 0 Å². The van der Waals surface area contributed by atoms with E-state index in [2.05, 4.69) is 38.1 Å². The summed E-state index contributed by atoms with van der Waals surface area (Å²) in [5, 5.41) is 8.96. The molecule has 17 heavy (non-hydrogen) atoms. The van der Waals surface area contributed by atoms with Gasteiger partial charge in [0, 0.05) is 6.61 Å². The van der Waals surface area contributed by atoms with Gasteiger partial charge in [0.25, 0.3) is 0 Å². The summed E-state index contributed by atoms with van der Waals surface area (Å²) in [5.41, 5.74) is 2.79. The molecule has 0 aliphatic heterocycles. The molecule has 0 saturated carbocycles. The zero-order valence-electron chi connectivity index (χ0n) is 12.5. The maximum absolute atomic E-state index is 8.96. The van der Waals surface area contributed by atoms with E-state index in [1.165, 1.54) is 11.1 Å². The van der Waals surface area contributed by atoms with Gasteiger partial charge < -0.3 is 5.11 Å². The van der Waals surface area contributed by atoms with E-state index in [1.807, 2.05) is 27.7 Å². The van der Waals surface area contributed by atoms with Crippen molar-refractivity contribution < 1.29 is 5.11 Å². The van der Waals surface area contributed by atoms with Crippen LogP contribution in [0.15, 0.2) is 24.3 Å². The van der Waals surface area contributed by atoms with Gasteiger partial charge in [-0.3, -0.25) is 0 Å². The molecule has 0 amide bonds. The third kappa shape index (κ3) is 7.98. The van der Waals surface area contributed by atoms with E-state index in [0.717, 1.165) is 12.8 Å². The van der Waals surface area contributed by atoms with Crippen LogP contribution in [-0.4, -0.2) is 11.7 Å². The molecule has 100 valence electrons. The highest BCUT2D eigenvalue weighted by atomic mass is 16.3. The van der Waals surface area contributed by atoms with E-state index in [9.17, 15) is 0 Å². The van der Waals surface area contributed by atoms with Crippen LogP contribution in [0.3, 0.4) is 0 Å². The van der Waals surface area contributed by atoms with Crippen LogP contribution in [0, 0.1) is 5.92 Å². The van der Waals surface area contributed by atoms with Crippen molar-refractivity contribution in [3.8, 4) is 0 Å². The maximum atomic E-state index is 8.96. The Balaban J connectivity index is 0. The third-order valence-electron chi connectivity index (χ3n) is 2.38. The van der Waals surface area contributed by atoms with Gasteiger partial charge in [-0.2, -0.15) is 0 Å². The van der Waals surface area contributed by atoms with Crippen molar-refractivity contribution in [1.82, 2.24) is 0 Å². The van der Waals surface area contributed by atoms with Crippen molar-refractivity contribution in [3.63, 3.8) is 0 Å². The second-order valence-electron chi connectivity index (χ2n) is 3.61. The highest BCUT2D eigenvalue weighted by Crippen LogP contribution is 2.14. The molecule has 0 unspecified atom stereocenters. The molecular formula is C16H30O. The first kappa shape index (κ1) is 18.5. The minimum Gasteiger partial charge on any atom is -0.396 e. The third-order valence-corrected chi connectivity index (χ3v) is 2.38. The van der Waals surface area contributed by atoms with Crippen molar-refractivity contribution in [2.75, 3.05) is 6.61 Å². The number of hydrogen-bond acceptors (Lipinski definition) is 1. The van der Waals surface area contributed by atoms with E-state index in [0.29, 0.717) is 5.92 Å². The smallest absolute Gasteiger partial charge is 0.0459 e. The molecule has 0 bridgehead atoms. The van der Waals surface area contributed by atoms with E-state index in [1.54, 1.807) is 0 Å². The van der Waals surface area contributed by atoms with E-state index in [-0.39, 0.29) is 6.61 Å². The molecule has 1 aromatic rings. The van der Waals surface area contributed by atoms with Crippen LogP contribution < -0.4 is 0 Å². The van der Waals surface area contributed by atoms with Crippen molar-refractivity contribution in [2.24, 2.45) is 5.92 Å². The van der Waals surface area contributed by atoms with Gasteiger partial charge in [0.05, 0.1) is 0 Å². The van der Waals surface area contributed by atoms with Gasteiger partial charge in [-0.1, -0.05) is 65.8 Å². The summed E-state index contributed by atoms with van der Waals surface area (Å²) in [4.78, 5) is 0. The molecule has 1 nitrogen and oxygen atoms in total. The van der Waals surface area contributed by atoms with E-state index >= 15 is 0 Å². The van der Waals surface area contributed by atoms with Crippen LogP contribution in [0.2, 0.25) is 0 Å². The molecule has 1 aromatic carbocycles. The first-order chi connectivity index (χ1) is 8.27. The highest BCUT2D eigenvalue weighted by Gasteiger charge is 2.04. The minimum absolute atomic E-state index is 0.276. The second kappa shape index (κ2) is 13.2. The highest BCUT2D eigenvalue weighted by molar-refractivity contribution is 5.27. The van der Waals surface area contributed by atoms with Crippen molar-refractivity contribution in [2.45, 2.75) is 54.4 Å². The molecule has 0 radical (unpaired) electrons. The number of hydrogen-bond donors (Lipinski definition) is 1. The fourth-order valence-corrected chi connectivity index (χ4v) is 1.54. The molecule has 0 aliphatic rings. The summed E-state index contributed by atoms with van der Waals surface area (Å²) >= 11 is 0. The Labute approximate surface area is 108 Å². The monoisotopic (exact) mass is 238 g/mol. The van der Waals surface area contributed by atoms with Crippen LogP contribution >= 0.6 is 0 Å². The van der Waals surface area contributed by atoms with Gasteiger partial charge in [0.15, 0.2) is 0 Å². The predicted octanol–water partition coefficient (Wildman–Crippen LogP) is 4.47. The molecule has 1 heteroatoms. The topological polar surface area (TPSA) is 20.2 Å². The molecule has 1 rings (SSSR count). The standard InChI is InChI=1S/C12H18O.2C2H6/c1-3-11-6-4-5-7-12(11)8-10(2)9-13;2*1-2/h4-7,10,13H,3,8-9H2,1-2H3;2*1-2H3/t10-;;/m0../s1. The molecule has 0 saturated heterocycles. The quantitative estimate of drug-likeness (QED) is 0.820. The van der Waals surface area contributed by atoms with Gasteiger partial charge in [0.1, 0.15) is 0 Å². The zero-order chi connectivity index (χ0) is 13.7. The van der Waals surface area contributed by atoms with Crippen LogP contribution in [0.5, 0.6) is 0 Å². The lowest BCUT2D eigenvalue weighted by atomic mass is 9.96. The molecular weight excluding hydrogens is 208 g/mol. The van der Waals surface area contributed by atoms with Crippen molar-refractivity contribution in [3.05, 3.63) is 35.4 Å². The van der Waals surface area contributed by atoms with Gasteiger partial charge in [-0.25, -0.2) is 0 Å². The Kier molecular flexibility index (Phi) is 14.4. The second-order valence-corrected chi connectivity index (χ2v) is 3.61. The first-order valence-electron chi connectivity index (χ1n) is 6.95. The van der Waals surface area contributed by atoms with Gasteiger partial charge >= 0.3 is 0 Å². The average molecular weight is 238 g/mol. The largest absolute Gasteiger partial charge is 0.396 e. The lowest BCUT2D eigenvalue weighted by Gasteiger charge is -2.11. The van der Waals surface area contributed by atoms with Crippen molar-refractivity contribution >= 4 is 0 Å². The summed E-state index contributed by atoms with van der Waals surface area (Å²) in [6.07, 6.45) is 2.06. The Hall–Kier alpha value is -0.820. The summed E-state index contributed by atoms with van der Waals surface area (Å²) in [6, 6.07) is 8.47. The van der Waals surface area contributed by atoms with Crippen LogP contribution in [0.1, 0.15) is 52.7 Å². The van der Waals surface area contributed by atoms with E-state index in [4.69, 9.17) is 5.11 Å². The lowest BCUT2D eigenvalue weighted by Crippen LogP contribution is -2.06. The fourth-order valence-electron chi connectivity index (χ4n) is 1.54.